The van der Waals surface area contributed by atoms with Crippen molar-refractivity contribution in [2.75, 3.05) is 13.2 Å². The van der Waals surface area contributed by atoms with E-state index in [0.29, 0.717) is 12.3 Å². The van der Waals surface area contributed by atoms with Crippen LogP contribution in [0.1, 0.15) is 50.2 Å². The fraction of sp³-hybridized carbons (Fsp3) is 0.464. The molecule has 2 fully saturated rings. The van der Waals surface area contributed by atoms with E-state index in [-0.39, 0.29) is 48.9 Å². The molecule has 2 amide bonds. The third-order valence-electron chi connectivity index (χ3n) is 8.03. The molecule has 2 aromatic carbocycles. The van der Waals surface area contributed by atoms with E-state index in [1.807, 2.05) is 38.1 Å². The lowest BCUT2D eigenvalue weighted by Crippen LogP contribution is -2.50. The first-order valence-corrected chi connectivity index (χ1v) is 12.5. The Morgan fingerprint density at radius 1 is 1.00 bits per heavy atom. The topological polar surface area (TPSA) is 95.9 Å². The molecule has 2 aromatic rings. The zero-order valence-electron chi connectivity index (χ0n) is 20.1. The van der Waals surface area contributed by atoms with E-state index >= 15 is 0 Å². The summed E-state index contributed by atoms with van der Waals surface area (Å²) in [6.07, 6.45) is 1.86. The summed E-state index contributed by atoms with van der Waals surface area (Å²) in [5.74, 6) is -0.613. The van der Waals surface area contributed by atoms with Crippen LogP contribution < -0.4 is 5.32 Å². The summed E-state index contributed by atoms with van der Waals surface area (Å²) in [7, 11) is 0. The van der Waals surface area contributed by atoms with Gasteiger partial charge in [0.25, 0.3) is 0 Å². The van der Waals surface area contributed by atoms with Crippen molar-refractivity contribution in [1.29, 1.82) is 0 Å². The molecule has 2 N–H and O–H groups in total. The van der Waals surface area contributed by atoms with Crippen LogP contribution in [0, 0.1) is 17.8 Å². The zero-order valence-corrected chi connectivity index (χ0v) is 20.1. The smallest absolute Gasteiger partial charge is 0.407 e. The van der Waals surface area contributed by atoms with Gasteiger partial charge in [-0.05, 0) is 67.2 Å². The van der Waals surface area contributed by atoms with E-state index in [2.05, 4.69) is 29.6 Å². The molecule has 7 nitrogen and oxygen atoms in total. The van der Waals surface area contributed by atoms with E-state index < -0.39 is 12.1 Å². The second-order valence-electron chi connectivity index (χ2n) is 10.4. The molecule has 0 heterocycles. The predicted molar refractivity (Wildman–Crippen MR) is 131 cm³/mol. The number of hydrogen-bond donors (Lipinski definition) is 2. The second-order valence-corrected chi connectivity index (χ2v) is 10.4. The molecule has 1 unspecified atom stereocenters. The van der Waals surface area contributed by atoms with Gasteiger partial charge in [0, 0.05) is 23.9 Å². The molecule has 5 rings (SSSR count). The van der Waals surface area contributed by atoms with Crippen LogP contribution in [0.5, 0.6) is 0 Å². The highest BCUT2D eigenvalue weighted by molar-refractivity contribution is 5.84. The minimum atomic E-state index is -0.997. The first kappa shape index (κ1) is 23.4. The number of carboxylic acid groups (broad SMARTS) is 1. The highest BCUT2D eigenvalue weighted by atomic mass is 16.5. The Morgan fingerprint density at radius 2 is 1.63 bits per heavy atom. The van der Waals surface area contributed by atoms with E-state index in [9.17, 15) is 14.4 Å². The molecule has 2 saturated carbocycles. The van der Waals surface area contributed by atoms with Gasteiger partial charge in [-0.1, -0.05) is 48.5 Å². The van der Waals surface area contributed by atoms with Crippen LogP contribution in [-0.2, 0) is 14.3 Å². The van der Waals surface area contributed by atoms with E-state index in [1.54, 1.807) is 0 Å². The molecule has 0 spiro atoms. The molecular weight excluding hydrogens is 444 g/mol. The number of carbonyl (C=O) groups excluding carboxylic acids is 2. The average Bonchev–Trinajstić information content (AvgIpc) is 3.34. The SMILES string of the molecule is CC(C)N(CC(=O)O)C(=O)C1C[C@@H]2C[C@H](NC(=O)OCC3c4ccccc4-c4ccccc43)[C@@H]2C1. The van der Waals surface area contributed by atoms with Crippen LogP contribution in [0.2, 0.25) is 0 Å². The quantitative estimate of drug-likeness (QED) is 0.623. The standard InChI is InChI=1S/C28H32N2O5/c1-16(2)30(14-26(31)32)27(33)18-11-17-13-25(23(17)12-18)29-28(34)35-15-24-21-9-5-3-7-19(21)20-8-4-6-10-22(20)24/h3-10,16-18,23-25H,11-15H2,1-2H3,(H,29,34)(H,31,32)/t17-,18?,23-,25+/m1/s1. The molecule has 35 heavy (non-hydrogen) atoms. The van der Waals surface area contributed by atoms with Crippen LogP contribution in [-0.4, -0.2) is 53.2 Å². The summed E-state index contributed by atoms with van der Waals surface area (Å²) in [6, 6.07) is 16.3. The summed E-state index contributed by atoms with van der Waals surface area (Å²) >= 11 is 0. The van der Waals surface area contributed by atoms with Gasteiger partial charge in [0.05, 0.1) is 0 Å². The third kappa shape index (κ3) is 4.40. The Hall–Kier alpha value is -3.35. The zero-order chi connectivity index (χ0) is 24.7. The van der Waals surface area contributed by atoms with Gasteiger partial charge in [0.1, 0.15) is 13.2 Å². The Balaban J connectivity index is 1.16. The number of carboxylic acids is 1. The maximum atomic E-state index is 13.0. The maximum absolute atomic E-state index is 13.0. The van der Waals surface area contributed by atoms with Crippen molar-refractivity contribution in [2.45, 2.75) is 51.1 Å². The minimum Gasteiger partial charge on any atom is -0.480 e. The van der Waals surface area contributed by atoms with Gasteiger partial charge in [-0.15, -0.1) is 0 Å². The molecular formula is C28H32N2O5. The fourth-order valence-electron chi connectivity index (χ4n) is 6.28. The number of nitrogens with zero attached hydrogens (tertiary/aromatic N) is 1. The monoisotopic (exact) mass is 476 g/mol. The van der Waals surface area contributed by atoms with Gasteiger partial charge in [-0.25, -0.2) is 4.79 Å². The molecule has 184 valence electrons. The lowest BCUT2D eigenvalue weighted by atomic mass is 9.71. The number of fused-ring (bicyclic) bond motifs is 4. The van der Waals surface area contributed by atoms with Crippen LogP contribution in [0.3, 0.4) is 0 Å². The number of aliphatic carboxylic acids is 1. The van der Waals surface area contributed by atoms with Crippen molar-refractivity contribution >= 4 is 18.0 Å². The maximum Gasteiger partial charge on any atom is 0.407 e. The summed E-state index contributed by atoms with van der Waals surface area (Å²) in [4.78, 5) is 38.3. The number of amides is 2. The number of rotatable bonds is 7. The van der Waals surface area contributed by atoms with E-state index in [1.165, 1.54) is 27.2 Å². The molecule has 0 saturated heterocycles. The molecule has 0 radical (unpaired) electrons. The number of hydrogen-bond acceptors (Lipinski definition) is 4. The van der Waals surface area contributed by atoms with Crippen molar-refractivity contribution in [3.05, 3.63) is 59.7 Å². The molecule has 0 aromatic heterocycles. The van der Waals surface area contributed by atoms with Crippen molar-refractivity contribution in [1.82, 2.24) is 10.2 Å². The van der Waals surface area contributed by atoms with Crippen molar-refractivity contribution in [2.24, 2.45) is 17.8 Å². The lowest BCUT2D eigenvalue weighted by molar-refractivity contribution is -0.147. The number of alkyl carbamates (subject to hydrolysis) is 1. The van der Waals surface area contributed by atoms with Crippen molar-refractivity contribution in [3.8, 4) is 11.1 Å². The molecule has 0 bridgehead atoms. The van der Waals surface area contributed by atoms with Crippen LogP contribution in [0.15, 0.2) is 48.5 Å². The van der Waals surface area contributed by atoms with Crippen LogP contribution >= 0.6 is 0 Å². The summed E-state index contributed by atoms with van der Waals surface area (Å²) < 4.78 is 5.69. The van der Waals surface area contributed by atoms with Gasteiger partial charge in [0.15, 0.2) is 0 Å². The Labute approximate surface area is 205 Å². The second kappa shape index (κ2) is 9.36. The Bertz CT molecular complexity index is 1100. The normalized spacial score (nSPS) is 24.2. The summed E-state index contributed by atoms with van der Waals surface area (Å²) in [6.45, 7) is 3.68. The van der Waals surface area contributed by atoms with Crippen LogP contribution in [0.25, 0.3) is 11.1 Å². The Kier molecular flexibility index (Phi) is 6.26. The number of nitrogens with one attached hydrogen (secondary N) is 1. The first-order chi connectivity index (χ1) is 16.8. The molecule has 4 atom stereocenters. The van der Waals surface area contributed by atoms with Gasteiger partial charge in [0.2, 0.25) is 5.91 Å². The van der Waals surface area contributed by atoms with Gasteiger partial charge >= 0.3 is 12.1 Å². The highest BCUT2D eigenvalue weighted by Gasteiger charge is 2.51. The summed E-state index contributed by atoms with van der Waals surface area (Å²) in [5, 5.41) is 12.2. The van der Waals surface area contributed by atoms with Gasteiger partial charge < -0.3 is 20.1 Å². The lowest BCUT2D eigenvalue weighted by Gasteiger charge is -2.40. The van der Waals surface area contributed by atoms with E-state index in [0.717, 1.165) is 12.8 Å². The molecule has 3 aliphatic rings. The number of carbonyl (C=O) groups is 3. The highest BCUT2D eigenvalue weighted by Crippen LogP contribution is 2.50. The number of benzene rings is 2. The summed E-state index contributed by atoms with van der Waals surface area (Å²) in [5.41, 5.74) is 4.75. The first-order valence-electron chi connectivity index (χ1n) is 12.5. The third-order valence-corrected chi connectivity index (χ3v) is 8.03. The number of ether oxygens (including phenoxy) is 1. The molecule has 0 aliphatic heterocycles. The van der Waals surface area contributed by atoms with Crippen molar-refractivity contribution in [3.63, 3.8) is 0 Å². The van der Waals surface area contributed by atoms with Crippen LogP contribution in [0.4, 0.5) is 4.79 Å². The predicted octanol–water partition coefficient (Wildman–Crippen LogP) is 4.26. The molecule has 3 aliphatic carbocycles. The van der Waals surface area contributed by atoms with Gasteiger partial charge in [-0.3, -0.25) is 9.59 Å². The van der Waals surface area contributed by atoms with Gasteiger partial charge in [-0.2, -0.15) is 0 Å². The van der Waals surface area contributed by atoms with Crippen molar-refractivity contribution < 1.29 is 24.2 Å². The minimum absolute atomic E-state index is 0.000393. The molecule has 7 heteroatoms. The fourth-order valence-corrected chi connectivity index (χ4v) is 6.28. The average molecular weight is 477 g/mol. The largest absolute Gasteiger partial charge is 0.480 e. The Morgan fingerprint density at radius 3 is 2.23 bits per heavy atom. The van der Waals surface area contributed by atoms with E-state index in [4.69, 9.17) is 9.84 Å².